The fraction of sp³-hybridized carbons (Fsp3) is 0.167. The Morgan fingerprint density at radius 3 is 2.67 bits per heavy atom. The molecule has 2 aromatic carbocycles. The van der Waals surface area contributed by atoms with Crippen LogP contribution in [0.2, 0.25) is 0 Å². The van der Waals surface area contributed by atoms with Gasteiger partial charge in [-0.15, -0.1) is 0 Å². The largest absolute Gasteiger partial charge is 0.494 e. The van der Waals surface area contributed by atoms with E-state index in [1.165, 1.54) is 0 Å². The van der Waals surface area contributed by atoms with Gasteiger partial charge in [0.05, 0.1) is 17.2 Å². The third-order valence-corrected chi connectivity index (χ3v) is 6.34. The summed E-state index contributed by atoms with van der Waals surface area (Å²) in [4.78, 5) is 25.4. The molecule has 0 atom stereocenters. The van der Waals surface area contributed by atoms with Crippen LogP contribution in [-0.2, 0) is 9.59 Å². The highest BCUT2D eigenvalue weighted by atomic mass is 32.2. The number of thioether (sulfide) groups is 1. The third-order valence-electron chi connectivity index (χ3n) is 4.97. The summed E-state index contributed by atoms with van der Waals surface area (Å²) >= 11 is 6.31. The summed E-state index contributed by atoms with van der Waals surface area (Å²) in [5.74, 6) is -0.733. The fourth-order valence-electron chi connectivity index (χ4n) is 3.46. The molecule has 0 bridgehead atoms. The van der Waals surface area contributed by atoms with Gasteiger partial charge in [-0.25, -0.2) is 4.68 Å². The Bertz CT molecular complexity index is 1270. The average molecular weight is 480 g/mol. The molecule has 0 spiro atoms. The van der Waals surface area contributed by atoms with Gasteiger partial charge in [0.2, 0.25) is 0 Å². The molecule has 1 aliphatic rings. The molecular weight excluding hydrogens is 458 g/mol. The van der Waals surface area contributed by atoms with Crippen LogP contribution in [0, 0.1) is 6.92 Å². The van der Waals surface area contributed by atoms with Crippen LogP contribution >= 0.6 is 24.0 Å². The summed E-state index contributed by atoms with van der Waals surface area (Å²) < 4.78 is 7.64. The predicted molar refractivity (Wildman–Crippen MR) is 132 cm³/mol. The number of benzene rings is 2. The van der Waals surface area contributed by atoms with Crippen molar-refractivity contribution in [3.8, 4) is 22.7 Å². The van der Waals surface area contributed by atoms with Gasteiger partial charge >= 0.3 is 5.97 Å². The molecule has 1 fully saturated rings. The molecule has 1 amide bonds. The number of hydrogen-bond donors (Lipinski definition) is 1. The van der Waals surface area contributed by atoms with Crippen LogP contribution in [0.4, 0.5) is 0 Å². The molecule has 0 radical (unpaired) electrons. The summed E-state index contributed by atoms with van der Waals surface area (Å²) in [6.45, 7) is 4.02. The number of ether oxygens (including phenoxy) is 1. The molecule has 0 unspecified atom stereocenters. The maximum absolute atomic E-state index is 12.8. The number of rotatable bonds is 7. The number of amides is 1. The molecule has 1 aliphatic heterocycles. The van der Waals surface area contributed by atoms with E-state index in [4.69, 9.17) is 27.2 Å². The SMILES string of the molecule is CCOc1ccc(-c2nn(-c3ccccc3)cc2C=C2SC(=S)N(CC(=O)O)C2=O)cc1C. The Kier molecular flexibility index (Phi) is 6.62. The second-order valence-electron chi connectivity index (χ2n) is 7.29. The molecule has 9 heteroatoms. The summed E-state index contributed by atoms with van der Waals surface area (Å²) in [5.41, 5.74) is 4.13. The fourth-order valence-corrected chi connectivity index (χ4v) is 4.70. The van der Waals surface area contributed by atoms with Crippen molar-refractivity contribution in [2.75, 3.05) is 13.2 Å². The van der Waals surface area contributed by atoms with E-state index < -0.39 is 18.4 Å². The maximum Gasteiger partial charge on any atom is 0.323 e. The van der Waals surface area contributed by atoms with Gasteiger partial charge < -0.3 is 9.84 Å². The molecule has 0 saturated carbocycles. The van der Waals surface area contributed by atoms with E-state index in [1.54, 1.807) is 10.8 Å². The number of aryl methyl sites for hydroxylation is 1. The number of aliphatic carboxylic acids is 1. The standard InChI is InChI=1S/C24H21N3O4S2/c1-3-31-19-10-9-16(11-15(19)2)22-17(13-27(25-22)18-7-5-4-6-8-18)12-20-23(30)26(14-21(28)29)24(32)33-20/h4-13H,3,14H2,1-2H3,(H,28,29). The lowest BCUT2D eigenvalue weighted by atomic mass is 10.0. The van der Waals surface area contributed by atoms with E-state index in [0.717, 1.165) is 44.8 Å². The molecule has 168 valence electrons. The summed E-state index contributed by atoms with van der Waals surface area (Å²) in [6.07, 6.45) is 3.56. The summed E-state index contributed by atoms with van der Waals surface area (Å²) in [7, 11) is 0. The van der Waals surface area contributed by atoms with E-state index in [9.17, 15) is 9.59 Å². The highest BCUT2D eigenvalue weighted by Gasteiger charge is 2.33. The molecular formula is C24H21N3O4S2. The number of para-hydroxylation sites is 1. The Balaban J connectivity index is 1.79. The second-order valence-corrected chi connectivity index (χ2v) is 8.96. The van der Waals surface area contributed by atoms with Gasteiger partial charge in [0.25, 0.3) is 5.91 Å². The second kappa shape index (κ2) is 9.60. The van der Waals surface area contributed by atoms with Crippen molar-refractivity contribution in [3.63, 3.8) is 0 Å². The van der Waals surface area contributed by atoms with Crippen molar-refractivity contribution in [1.82, 2.24) is 14.7 Å². The van der Waals surface area contributed by atoms with Crippen molar-refractivity contribution in [2.45, 2.75) is 13.8 Å². The minimum absolute atomic E-state index is 0.225. The van der Waals surface area contributed by atoms with E-state index in [-0.39, 0.29) is 4.32 Å². The molecule has 4 rings (SSSR count). The van der Waals surface area contributed by atoms with Crippen molar-refractivity contribution in [1.29, 1.82) is 0 Å². The molecule has 2 heterocycles. The molecule has 1 N–H and O–H groups in total. The maximum atomic E-state index is 12.8. The smallest absolute Gasteiger partial charge is 0.323 e. The summed E-state index contributed by atoms with van der Waals surface area (Å²) in [6, 6.07) is 15.5. The highest BCUT2D eigenvalue weighted by molar-refractivity contribution is 8.26. The number of carboxylic acid groups (broad SMARTS) is 1. The zero-order valence-corrected chi connectivity index (χ0v) is 19.7. The number of hydrogen-bond acceptors (Lipinski definition) is 6. The van der Waals surface area contributed by atoms with Crippen molar-refractivity contribution in [3.05, 3.63) is 70.8 Å². The van der Waals surface area contributed by atoms with Gasteiger partial charge in [-0.05, 0) is 55.8 Å². The average Bonchev–Trinajstić information content (AvgIpc) is 3.32. The minimum Gasteiger partial charge on any atom is -0.494 e. The zero-order chi connectivity index (χ0) is 23.5. The Labute approximate surface area is 200 Å². The van der Waals surface area contributed by atoms with E-state index in [2.05, 4.69) is 0 Å². The van der Waals surface area contributed by atoms with Crippen LogP contribution in [0.15, 0.2) is 59.6 Å². The molecule has 3 aromatic rings. The number of carboxylic acids is 1. The number of thiocarbonyl (C=S) groups is 1. The van der Waals surface area contributed by atoms with Gasteiger partial charge in [0, 0.05) is 17.3 Å². The lowest BCUT2D eigenvalue weighted by Gasteiger charge is -2.10. The lowest BCUT2D eigenvalue weighted by Crippen LogP contribution is -2.33. The van der Waals surface area contributed by atoms with Crippen LogP contribution in [0.3, 0.4) is 0 Å². The topological polar surface area (TPSA) is 84.7 Å². The van der Waals surface area contributed by atoms with Crippen LogP contribution in [-0.4, -0.2) is 49.1 Å². The molecule has 1 saturated heterocycles. The summed E-state index contributed by atoms with van der Waals surface area (Å²) in [5, 5.41) is 13.9. The van der Waals surface area contributed by atoms with Crippen LogP contribution < -0.4 is 4.74 Å². The van der Waals surface area contributed by atoms with Crippen molar-refractivity contribution < 1.29 is 19.4 Å². The normalized spacial score (nSPS) is 14.8. The van der Waals surface area contributed by atoms with Crippen LogP contribution in [0.5, 0.6) is 5.75 Å². The van der Waals surface area contributed by atoms with Gasteiger partial charge in [-0.3, -0.25) is 14.5 Å². The van der Waals surface area contributed by atoms with Gasteiger partial charge in [-0.1, -0.05) is 42.2 Å². The van der Waals surface area contributed by atoms with Crippen LogP contribution in [0.25, 0.3) is 23.0 Å². The van der Waals surface area contributed by atoms with Crippen molar-refractivity contribution >= 4 is 46.3 Å². The molecule has 33 heavy (non-hydrogen) atoms. The Morgan fingerprint density at radius 2 is 2.00 bits per heavy atom. The highest BCUT2D eigenvalue weighted by Crippen LogP contribution is 2.35. The quantitative estimate of drug-likeness (QED) is 0.394. The van der Waals surface area contributed by atoms with Gasteiger partial charge in [-0.2, -0.15) is 5.10 Å². The van der Waals surface area contributed by atoms with E-state index in [0.29, 0.717) is 17.2 Å². The molecule has 7 nitrogen and oxygen atoms in total. The van der Waals surface area contributed by atoms with Gasteiger partial charge in [0.15, 0.2) is 0 Å². The van der Waals surface area contributed by atoms with Crippen molar-refractivity contribution in [2.24, 2.45) is 0 Å². The monoisotopic (exact) mass is 479 g/mol. The van der Waals surface area contributed by atoms with E-state index >= 15 is 0 Å². The third kappa shape index (κ3) is 4.84. The number of carbonyl (C=O) groups is 2. The first-order chi connectivity index (χ1) is 15.9. The van der Waals surface area contributed by atoms with Crippen LogP contribution in [0.1, 0.15) is 18.1 Å². The minimum atomic E-state index is -1.12. The number of aromatic nitrogens is 2. The van der Waals surface area contributed by atoms with Gasteiger partial charge in [0.1, 0.15) is 22.3 Å². The lowest BCUT2D eigenvalue weighted by molar-refractivity contribution is -0.140. The molecule has 0 aliphatic carbocycles. The van der Waals surface area contributed by atoms with E-state index in [1.807, 2.05) is 68.6 Å². The number of nitrogens with zero attached hydrogens (tertiary/aromatic N) is 3. The Hall–Kier alpha value is -3.43. The first kappa shape index (κ1) is 22.8. The first-order valence-corrected chi connectivity index (χ1v) is 11.5. The molecule has 1 aromatic heterocycles. The zero-order valence-electron chi connectivity index (χ0n) is 18.0. The number of carbonyl (C=O) groups excluding carboxylic acids is 1. The first-order valence-electron chi connectivity index (χ1n) is 10.2. The predicted octanol–water partition coefficient (Wildman–Crippen LogP) is 4.53. The Morgan fingerprint density at radius 1 is 1.24 bits per heavy atom.